The highest BCUT2D eigenvalue weighted by atomic mass is 32.2. The SMILES string of the molecule is CCSC1CCCCC1NC(=O)c1cc(C(=O)O)ccn1. The molecule has 1 amide bonds. The van der Waals surface area contributed by atoms with Crippen molar-refractivity contribution in [3.8, 4) is 0 Å². The molecule has 6 heteroatoms. The van der Waals surface area contributed by atoms with Gasteiger partial charge in [0, 0.05) is 17.5 Å². The number of hydrogen-bond donors (Lipinski definition) is 2. The van der Waals surface area contributed by atoms with E-state index in [0.29, 0.717) is 5.25 Å². The quantitative estimate of drug-likeness (QED) is 0.874. The number of aromatic nitrogens is 1. The fourth-order valence-electron chi connectivity index (χ4n) is 2.61. The van der Waals surface area contributed by atoms with E-state index in [4.69, 9.17) is 5.11 Å². The monoisotopic (exact) mass is 308 g/mol. The second kappa shape index (κ2) is 7.45. The van der Waals surface area contributed by atoms with Gasteiger partial charge < -0.3 is 10.4 Å². The van der Waals surface area contributed by atoms with Crippen LogP contribution in [-0.4, -0.2) is 39.0 Å². The van der Waals surface area contributed by atoms with Crippen LogP contribution in [0.5, 0.6) is 0 Å². The van der Waals surface area contributed by atoms with E-state index in [-0.39, 0.29) is 23.2 Å². The molecule has 1 aliphatic rings. The predicted molar refractivity (Wildman–Crippen MR) is 82.8 cm³/mol. The van der Waals surface area contributed by atoms with Crippen molar-refractivity contribution in [3.63, 3.8) is 0 Å². The van der Waals surface area contributed by atoms with Gasteiger partial charge >= 0.3 is 5.97 Å². The van der Waals surface area contributed by atoms with Crippen LogP contribution in [0, 0.1) is 0 Å². The van der Waals surface area contributed by atoms with Crippen molar-refractivity contribution in [2.45, 2.75) is 43.9 Å². The number of pyridine rings is 1. The average molecular weight is 308 g/mol. The zero-order valence-electron chi connectivity index (χ0n) is 12.0. The topological polar surface area (TPSA) is 79.3 Å². The number of carboxylic acids is 1. The summed E-state index contributed by atoms with van der Waals surface area (Å²) in [6.07, 6.45) is 5.77. The molecule has 21 heavy (non-hydrogen) atoms. The number of thioether (sulfide) groups is 1. The second-order valence-corrected chi connectivity index (χ2v) is 6.61. The summed E-state index contributed by atoms with van der Waals surface area (Å²) in [6.45, 7) is 2.12. The first kappa shape index (κ1) is 15.8. The summed E-state index contributed by atoms with van der Waals surface area (Å²) in [5.41, 5.74) is 0.249. The van der Waals surface area contributed by atoms with Crippen molar-refractivity contribution in [2.75, 3.05) is 5.75 Å². The molecule has 2 N–H and O–H groups in total. The molecule has 1 aromatic heterocycles. The van der Waals surface area contributed by atoms with Crippen molar-refractivity contribution in [1.82, 2.24) is 10.3 Å². The lowest BCUT2D eigenvalue weighted by molar-refractivity contribution is 0.0696. The van der Waals surface area contributed by atoms with Gasteiger partial charge in [-0.1, -0.05) is 19.8 Å². The zero-order valence-corrected chi connectivity index (χ0v) is 12.9. The highest BCUT2D eigenvalue weighted by molar-refractivity contribution is 7.99. The molecule has 0 aliphatic heterocycles. The lowest BCUT2D eigenvalue weighted by Gasteiger charge is -2.31. The second-order valence-electron chi connectivity index (χ2n) is 5.09. The Hall–Kier alpha value is -1.56. The van der Waals surface area contributed by atoms with E-state index in [0.717, 1.165) is 25.0 Å². The molecule has 1 heterocycles. The largest absolute Gasteiger partial charge is 0.478 e. The Morgan fingerprint density at radius 3 is 2.90 bits per heavy atom. The van der Waals surface area contributed by atoms with Gasteiger partial charge in [-0.2, -0.15) is 11.8 Å². The van der Waals surface area contributed by atoms with Crippen LogP contribution in [0.4, 0.5) is 0 Å². The lowest BCUT2D eigenvalue weighted by Crippen LogP contribution is -2.44. The van der Waals surface area contributed by atoms with E-state index in [9.17, 15) is 9.59 Å². The van der Waals surface area contributed by atoms with Gasteiger partial charge in [-0.05, 0) is 30.7 Å². The maximum atomic E-state index is 12.3. The number of carbonyl (C=O) groups excluding carboxylic acids is 1. The van der Waals surface area contributed by atoms with Crippen molar-refractivity contribution < 1.29 is 14.7 Å². The van der Waals surface area contributed by atoms with E-state index in [1.54, 1.807) is 0 Å². The summed E-state index contributed by atoms with van der Waals surface area (Å²) in [4.78, 5) is 27.2. The van der Waals surface area contributed by atoms with E-state index in [2.05, 4.69) is 17.2 Å². The smallest absolute Gasteiger partial charge is 0.335 e. The summed E-state index contributed by atoms with van der Waals surface area (Å²) in [6, 6.07) is 2.85. The summed E-state index contributed by atoms with van der Waals surface area (Å²) < 4.78 is 0. The van der Waals surface area contributed by atoms with Gasteiger partial charge in [0.25, 0.3) is 5.91 Å². The molecule has 1 saturated carbocycles. The van der Waals surface area contributed by atoms with Crippen molar-refractivity contribution >= 4 is 23.6 Å². The van der Waals surface area contributed by atoms with Gasteiger partial charge in [0.1, 0.15) is 5.69 Å². The molecule has 1 aliphatic carbocycles. The standard InChI is InChI=1S/C15H20N2O3S/c1-2-21-13-6-4-3-5-11(13)17-14(18)12-9-10(15(19)20)7-8-16-12/h7-9,11,13H,2-6H2,1H3,(H,17,18)(H,19,20). The minimum absolute atomic E-state index is 0.0817. The fourth-order valence-corrected chi connectivity index (χ4v) is 3.80. The van der Waals surface area contributed by atoms with Crippen LogP contribution in [0.3, 0.4) is 0 Å². The Morgan fingerprint density at radius 2 is 2.19 bits per heavy atom. The van der Waals surface area contributed by atoms with Crippen LogP contribution in [0.15, 0.2) is 18.3 Å². The van der Waals surface area contributed by atoms with E-state index in [1.807, 2.05) is 11.8 Å². The first-order chi connectivity index (χ1) is 10.1. The highest BCUT2D eigenvalue weighted by Gasteiger charge is 2.27. The van der Waals surface area contributed by atoms with Gasteiger partial charge in [-0.25, -0.2) is 4.79 Å². The van der Waals surface area contributed by atoms with Crippen LogP contribution >= 0.6 is 11.8 Å². The van der Waals surface area contributed by atoms with E-state index < -0.39 is 5.97 Å². The summed E-state index contributed by atoms with van der Waals surface area (Å²) in [7, 11) is 0. The molecule has 0 spiro atoms. The Balaban J connectivity index is 2.05. The van der Waals surface area contributed by atoms with Crippen LogP contribution in [0.1, 0.15) is 53.5 Å². The number of hydrogen-bond acceptors (Lipinski definition) is 4. The van der Waals surface area contributed by atoms with Gasteiger partial charge in [-0.3, -0.25) is 9.78 Å². The van der Waals surface area contributed by atoms with Crippen molar-refractivity contribution in [3.05, 3.63) is 29.6 Å². The third kappa shape index (κ3) is 4.20. The number of carbonyl (C=O) groups is 2. The Bertz CT molecular complexity index is 519. The van der Waals surface area contributed by atoms with Crippen molar-refractivity contribution in [1.29, 1.82) is 0 Å². The van der Waals surface area contributed by atoms with E-state index >= 15 is 0 Å². The third-order valence-electron chi connectivity index (χ3n) is 3.64. The summed E-state index contributed by atoms with van der Waals surface area (Å²) in [5.74, 6) is -0.306. The first-order valence-corrected chi connectivity index (χ1v) is 8.28. The molecule has 0 radical (unpaired) electrons. The molecule has 0 bridgehead atoms. The average Bonchev–Trinajstić information content (AvgIpc) is 2.49. The Labute approximate surface area is 128 Å². The van der Waals surface area contributed by atoms with Crippen LogP contribution < -0.4 is 5.32 Å². The maximum Gasteiger partial charge on any atom is 0.335 e. The fraction of sp³-hybridized carbons (Fsp3) is 0.533. The predicted octanol–water partition coefficient (Wildman–Crippen LogP) is 2.57. The summed E-state index contributed by atoms with van der Waals surface area (Å²) in [5, 5.41) is 12.4. The van der Waals surface area contributed by atoms with Gasteiger partial charge in [0.15, 0.2) is 0 Å². The number of amides is 1. The van der Waals surface area contributed by atoms with E-state index in [1.165, 1.54) is 24.8 Å². The van der Waals surface area contributed by atoms with Gasteiger partial charge in [-0.15, -0.1) is 0 Å². The Kier molecular flexibility index (Phi) is 5.61. The molecular formula is C15H20N2O3S. The van der Waals surface area contributed by atoms with Crippen LogP contribution in [0.2, 0.25) is 0 Å². The molecule has 1 fully saturated rings. The third-order valence-corrected chi connectivity index (χ3v) is 4.97. The number of rotatable bonds is 5. The maximum absolute atomic E-state index is 12.3. The number of nitrogens with one attached hydrogen (secondary N) is 1. The first-order valence-electron chi connectivity index (χ1n) is 7.23. The van der Waals surface area contributed by atoms with Gasteiger partial charge in [0.05, 0.1) is 5.56 Å². The molecule has 5 nitrogen and oxygen atoms in total. The zero-order chi connectivity index (χ0) is 15.2. The molecule has 2 rings (SSSR count). The molecule has 2 atom stereocenters. The number of nitrogens with zero attached hydrogens (tertiary/aromatic N) is 1. The van der Waals surface area contributed by atoms with Crippen molar-refractivity contribution in [2.24, 2.45) is 0 Å². The minimum atomic E-state index is -1.05. The lowest BCUT2D eigenvalue weighted by atomic mass is 9.94. The van der Waals surface area contributed by atoms with Gasteiger partial charge in [0.2, 0.25) is 0 Å². The number of carboxylic acid groups (broad SMARTS) is 1. The highest BCUT2D eigenvalue weighted by Crippen LogP contribution is 2.28. The molecule has 114 valence electrons. The normalized spacial score (nSPS) is 21.8. The molecule has 1 aromatic rings. The molecule has 2 unspecified atom stereocenters. The molecule has 0 saturated heterocycles. The summed E-state index contributed by atoms with van der Waals surface area (Å²) >= 11 is 1.88. The Morgan fingerprint density at radius 1 is 1.43 bits per heavy atom. The van der Waals surface area contributed by atoms with Crippen LogP contribution in [-0.2, 0) is 0 Å². The minimum Gasteiger partial charge on any atom is -0.478 e. The molecular weight excluding hydrogens is 288 g/mol. The number of aromatic carboxylic acids is 1. The van der Waals surface area contributed by atoms with Crippen LogP contribution in [0.25, 0.3) is 0 Å². The molecule has 0 aromatic carbocycles.